The molecule has 0 radical (unpaired) electrons. The Hall–Kier alpha value is -2.00. The quantitative estimate of drug-likeness (QED) is 0.141. The zero-order valence-electron chi connectivity index (χ0n) is 22.4. The van der Waals surface area contributed by atoms with E-state index in [4.69, 9.17) is 15.9 Å². The predicted molar refractivity (Wildman–Crippen MR) is 139 cm³/mol. The number of carboxylic acids is 2. The standard InChI is InChI=1S/C14H26O3.C6H13N3O3.C3H8.C2H6/c15-13-11-9-7-5-3-1-2-4-6-8-10-12-14(16)17;1-8-2-4(7)6(12)9-3-5(10)11;1-3-2;1-2/h13H,1-12H2,(H,16,17);4,8H,2-3,7H2,1H3,(H,9,12)(H,10,11);3H2,1-2H3;1-2H3. The SMILES string of the molecule is CC.CCC.CNCC(N)C(=O)NCC(=O)O.O=CCCCCCCCCCCCCC(=O)O. The Balaban J connectivity index is -0.000000231. The molecule has 0 fully saturated rings. The van der Waals surface area contributed by atoms with E-state index in [1.165, 1.54) is 51.4 Å². The lowest BCUT2D eigenvalue weighted by Crippen LogP contribution is -2.47. The van der Waals surface area contributed by atoms with Gasteiger partial charge in [-0.05, 0) is 19.9 Å². The largest absolute Gasteiger partial charge is 0.481 e. The lowest BCUT2D eigenvalue weighted by atomic mass is 10.1. The fourth-order valence-corrected chi connectivity index (χ4v) is 2.52. The highest BCUT2D eigenvalue weighted by atomic mass is 16.4. The molecule has 9 nitrogen and oxygen atoms in total. The van der Waals surface area contributed by atoms with Crippen LogP contribution in [0, 0.1) is 0 Å². The van der Waals surface area contributed by atoms with E-state index in [-0.39, 0.29) is 0 Å². The monoisotopic (exact) mass is 491 g/mol. The third kappa shape index (κ3) is 43.8. The van der Waals surface area contributed by atoms with Crippen LogP contribution < -0.4 is 16.4 Å². The van der Waals surface area contributed by atoms with E-state index in [2.05, 4.69) is 24.5 Å². The van der Waals surface area contributed by atoms with Gasteiger partial charge < -0.3 is 31.4 Å². The van der Waals surface area contributed by atoms with Crippen molar-refractivity contribution in [1.82, 2.24) is 10.6 Å². The molecule has 0 bridgehead atoms. The number of nitrogens with one attached hydrogen (secondary N) is 2. The first kappa shape index (κ1) is 39.2. The number of aliphatic carboxylic acids is 2. The highest BCUT2D eigenvalue weighted by Gasteiger charge is 2.12. The molecule has 34 heavy (non-hydrogen) atoms. The molecule has 204 valence electrons. The van der Waals surface area contributed by atoms with Gasteiger partial charge in [-0.1, -0.05) is 85.5 Å². The minimum Gasteiger partial charge on any atom is -0.481 e. The van der Waals surface area contributed by atoms with Gasteiger partial charge in [-0.3, -0.25) is 14.4 Å². The van der Waals surface area contributed by atoms with Crippen molar-refractivity contribution in [2.24, 2.45) is 5.73 Å². The van der Waals surface area contributed by atoms with Crippen molar-refractivity contribution in [3.05, 3.63) is 0 Å². The van der Waals surface area contributed by atoms with Gasteiger partial charge >= 0.3 is 11.9 Å². The average Bonchev–Trinajstić information content (AvgIpc) is 2.80. The second kappa shape index (κ2) is 35.6. The number of hydrogen-bond donors (Lipinski definition) is 5. The molecule has 0 aromatic carbocycles. The molecule has 0 saturated heterocycles. The summed E-state index contributed by atoms with van der Waals surface area (Å²) >= 11 is 0. The molecule has 0 aliphatic rings. The van der Waals surface area contributed by atoms with Crippen LogP contribution in [0.15, 0.2) is 0 Å². The van der Waals surface area contributed by atoms with Crippen LogP contribution >= 0.6 is 0 Å². The van der Waals surface area contributed by atoms with E-state index in [1.54, 1.807) is 7.05 Å². The number of nitrogens with two attached hydrogens (primary N) is 1. The number of carbonyl (C=O) groups is 4. The predicted octanol–water partition coefficient (Wildman–Crippen LogP) is 4.13. The molecular formula is C25H53N3O6. The van der Waals surface area contributed by atoms with Crippen molar-refractivity contribution < 1.29 is 29.4 Å². The van der Waals surface area contributed by atoms with Crippen molar-refractivity contribution in [3.63, 3.8) is 0 Å². The summed E-state index contributed by atoms with van der Waals surface area (Å²) in [5.41, 5.74) is 5.35. The number of amides is 1. The number of unbranched alkanes of at least 4 members (excludes halogenated alkanes) is 10. The molecule has 0 aromatic rings. The second-order valence-electron chi connectivity index (χ2n) is 7.62. The average molecular weight is 492 g/mol. The number of hydrogen-bond acceptors (Lipinski definition) is 6. The maximum Gasteiger partial charge on any atom is 0.322 e. The Morgan fingerprint density at radius 3 is 1.59 bits per heavy atom. The molecule has 1 amide bonds. The van der Waals surface area contributed by atoms with E-state index >= 15 is 0 Å². The van der Waals surface area contributed by atoms with Gasteiger partial charge in [-0.15, -0.1) is 0 Å². The van der Waals surface area contributed by atoms with E-state index in [0.29, 0.717) is 19.4 Å². The summed E-state index contributed by atoms with van der Waals surface area (Å²) in [5, 5.41) is 21.5. The molecular weight excluding hydrogens is 438 g/mol. The van der Waals surface area contributed by atoms with E-state index < -0.39 is 30.4 Å². The molecule has 0 aliphatic heterocycles. The number of likely N-dealkylation sites (N-methyl/N-ethyl adjacent to an activating group) is 1. The van der Waals surface area contributed by atoms with Gasteiger partial charge in [-0.25, -0.2) is 0 Å². The van der Waals surface area contributed by atoms with Crippen LogP contribution in [-0.2, 0) is 19.2 Å². The first-order valence-corrected chi connectivity index (χ1v) is 12.8. The van der Waals surface area contributed by atoms with E-state index in [1.807, 2.05) is 13.8 Å². The van der Waals surface area contributed by atoms with Crippen LogP contribution in [0.2, 0.25) is 0 Å². The summed E-state index contributed by atoms with van der Waals surface area (Å²) in [5.74, 6) is -2.23. The summed E-state index contributed by atoms with van der Waals surface area (Å²) < 4.78 is 0. The van der Waals surface area contributed by atoms with Crippen molar-refractivity contribution in [3.8, 4) is 0 Å². The van der Waals surface area contributed by atoms with Crippen molar-refractivity contribution in [2.75, 3.05) is 20.1 Å². The lowest BCUT2D eigenvalue weighted by molar-refractivity contribution is -0.138. The normalized spacial score (nSPS) is 10.2. The van der Waals surface area contributed by atoms with Crippen LogP contribution in [0.3, 0.4) is 0 Å². The van der Waals surface area contributed by atoms with E-state index in [0.717, 1.165) is 25.5 Å². The molecule has 0 aliphatic carbocycles. The van der Waals surface area contributed by atoms with Gasteiger partial charge in [-0.2, -0.15) is 0 Å². The molecule has 0 heterocycles. The summed E-state index contributed by atoms with van der Waals surface area (Å²) in [7, 11) is 1.66. The lowest BCUT2D eigenvalue weighted by Gasteiger charge is -2.09. The molecule has 1 unspecified atom stereocenters. The maximum absolute atomic E-state index is 10.9. The van der Waals surface area contributed by atoms with Crippen LogP contribution in [0.25, 0.3) is 0 Å². The first-order valence-electron chi connectivity index (χ1n) is 12.8. The minimum absolute atomic E-state index is 0.316. The fraction of sp³-hybridized carbons (Fsp3) is 0.840. The molecule has 0 saturated carbocycles. The van der Waals surface area contributed by atoms with Gasteiger partial charge in [0.15, 0.2) is 0 Å². The highest BCUT2D eigenvalue weighted by Crippen LogP contribution is 2.11. The zero-order chi connectivity index (χ0) is 27.0. The molecule has 0 aromatic heterocycles. The Bertz CT molecular complexity index is 462. The van der Waals surface area contributed by atoms with Crippen LogP contribution in [-0.4, -0.2) is 60.5 Å². The summed E-state index contributed by atoms with van der Waals surface area (Å²) in [4.78, 5) is 41.2. The second-order valence-corrected chi connectivity index (χ2v) is 7.62. The summed E-state index contributed by atoms with van der Waals surface area (Å²) in [6, 6.07) is -0.700. The van der Waals surface area contributed by atoms with E-state index in [9.17, 15) is 19.2 Å². The maximum atomic E-state index is 10.9. The highest BCUT2D eigenvalue weighted by molar-refractivity contribution is 5.85. The van der Waals surface area contributed by atoms with Crippen molar-refractivity contribution in [1.29, 1.82) is 0 Å². The first-order chi connectivity index (χ1) is 16.3. The molecule has 0 rings (SSSR count). The molecule has 9 heteroatoms. The third-order valence-corrected chi connectivity index (χ3v) is 4.14. The number of aldehydes is 1. The topological polar surface area (TPSA) is 159 Å². The van der Waals surface area contributed by atoms with Crippen LogP contribution in [0.1, 0.15) is 111 Å². The van der Waals surface area contributed by atoms with Crippen LogP contribution in [0.5, 0.6) is 0 Å². The third-order valence-electron chi connectivity index (χ3n) is 4.14. The summed E-state index contributed by atoms with van der Waals surface area (Å²) in [6.45, 7) is 8.18. The number of carboxylic acid groups (broad SMARTS) is 2. The van der Waals surface area contributed by atoms with Crippen LogP contribution in [0.4, 0.5) is 0 Å². The smallest absolute Gasteiger partial charge is 0.322 e. The van der Waals surface area contributed by atoms with Gasteiger partial charge in [0.2, 0.25) is 5.91 Å². The minimum atomic E-state index is -1.08. The number of carbonyl (C=O) groups excluding carboxylic acids is 2. The van der Waals surface area contributed by atoms with Gasteiger partial charge in [0, 0.05) is 19.4 Å². The Kier molecular flexibility index (Phi) is 41.1. The van der Waals surface area contributed by atoms with Gasteiger partial charge in [0.1, 0.15) is 12.8 Å². The molecule has 0 spiro atoms. The number of rotatable bonds is 18. The molecule has 1 atom stereocenters. The Morgan fingerprint density at radius 1 is 0.824 bits per heavy atom. The Morgan fingerprint density at radius 2 is 1.24 bits per heavy atom. The molecule has 6 N–H and O–H groups in total. The van der Waals surface area contributed by atoms with Crippen molar-refractivity contribution in [2.45, 2.75) is 117 Å². The summed E-state index contributed by atoms with van der Waals surface area (Å²) in [6.07, 6.45) is 14.8. The fourth-order valence-electron chi connectivity index (χ4n) is 2.52. The zero-order valence-corrected chi connectivity index (χ0v) is 22.4. The Labute approximate surface area is 207 Å². The van der Waals surface area contributed by atoms with Gasteiger partial charge in [0.05, 0.1) is 6.04 Å². The van der Waals surface area contributed by atoms with Gasteiger partial charge in [0.25, 0.3) is 0 Å². The van der Waals surface area contributed by atoms with Crippen molar-refractivity contribution >= 4 is 24.1 Å².